The first kappa shape index (κ1) is 8.77. The van der Waals surface area contributed by atoms with Gasteiger partial charge in [-0.25, -0.2) is 4.98 Å². The highest BCUT2D eigenvalue weighted by Gasteiger charge is 2.02. The van der Waals surface area contributed by atoms with E-state index in [0.29, 0.717) is 12.8 Å². The molecule has 0 saturated carbocycles. The summed E-state index contributed by atoms with van der Waals surface area (Å²) in [6.07, 6.45) is 2.73. The molecule has 1 rings (SSSR count). The standard InChI is InChI=1S/C8H12N2O2/c1-6-5-9-7(10-6)3-4-8(11)12-2/h5H,3-4H2,1-2H3,(H,9,10). The molecule has 0 radical (unpaired) electrons. The number of methoxy groups -OCH3 is 1. The number of H-pyrrole nitrogens is 1. The number of hydrogen-bond acceptors (Lipinski definition) is 3. The first-order chi connectivity index (χ1) is 5.72. The Morgan fingerprint density at radius 3 is 3.00 bits per heavy atom. The van der Waals surface area contributed by atoms with Crippen LogP contribution in [0.1, 0.15) is 17.9 Å². The van der Waals surface area contributed by atoms with Crippen LogP contribution in [0.5, 0.6) is 0 Å². The average molecular weight is 168 g/mol. The third kappa shape index (κ3) is 2.38. The van der Waals surface area contributed by atoms with Crippen molar-refractivity contribution in [3.05, 3.63) is 17.7 Å². The molecule has 0 aromatic carbocycles. The molecule has 0 aliphatic heterocycles. The van der Waals surface area contributed by atoms with E-state index in [-0.39, 0.29) is 5.97 Å². The number of nitrogens with zero attached hydrogens (tertiary/aromatic N) is 1. The molecule has 0 aliphatic rings. The highest BCUT2D eigenvalue weighted by atomic mass is 16.5. The molecule has 4 nitrogen and oxygen atoms in total. The van der Waals surface area contributed by atoms with Crippen LogP contribution in [0.15, 0.2) is 6.20 Å². The number of nitrogens with one attached hydrogen (secondary N) is 1. The van der Waals surface area contributed by atoms with E-state index in [1.54, 1.807) is 6.20 Å². The fraction of sp³-hybridized carbons (Fsp3) is 0.500. The predicted molar refractivity (Wildman–Crippen MR) is 43.7 cm³/mol. The van der Waals surface area contributed by atoms with E-state index in [1.165, 1.54) is 7.11 Å². The van der Waals surface area contributed by atoms with E-state index in [9.17, 15) is 4.79 Å². The molecule has 0 aliphatic carbocycles. The van der Waals surface area contributed by atoms with Gasteiger partial charge in [-0.15, -0.1) is 0 Å². The minimum absolute atomic E-state index is 0.205. The zero-order chi connectivity index (χ0) is 8.97. The van der Waals surface area contributed by atoms with Crippen LogP contribution in [0.2, 0.25) is 0 Å². The van der Waals surface area contributed by atoms with Gasteiger partial charge in [0, 0.05) is 18.3 Å². The summed E-state index contributed by atoms with van der Waals surface area (Å²) in [5, 5.41) is 0. The molecule has 0 saturated heterocycles. The van der Waals surface area contributed by atoms with Crippen molar-refractivity contribution in [3.63, 3.8) is 0 Å². The minimum atomic E-state index is -0.205. The fourth-order valence-electron chi connectivity index (χ4n) is 0.916. The van der Waals surface area contributed by atoms with Gasteiger partial charge >= 0.3 is 5.97 Å². The number of carbonyl (C=O) groups is 1. The lowest BCUT2D eigenvalue weighted by Crippen LogP contribution is -2.02. The molecule has 1 heterocycles. The van der Waals surface area contributed by atoms with Gasteiger partial charge in [0.15, 0.2) is 0 Å². The van der Waals surface area contributed by atoms with Gasteiger partial charge < -0.3 is 9.72 Å². The van der Waals surface area contributed by atoms with Crippen LogP contribution in [-0.2, 0) is 16.0 Å². The summed E-state index contributed by atoms with van der Waals surface area (Å²) in [7, 11) is 1.38. The molecule has 0 bridgehead atoms. The minimum Gasteiger partial charge on any atom is -0.469 e. The monoisotopic (exact) mass is 168 g/mol. The zero-order valence-corrected chi connectivity index (χ0v) is 7.26. The van der Waals surface area contributed by atoms with Crippen LogP contribution in [0.25, 0.3) is 0 Å². The van der Waals surface area contributed by atoms with Crippen molar-refractivity contribution >= 4 is 5.97 Å². The highest BCUT2D eigenvalue weighted by molar-refractivity contribution is 5.69. The lowest BCUT2D eigenvalue weighted by atomic mass is 10.3. The Labute approximate surface area is 71.0 Å². The lowest BCUT2D eigenvalue weighted by molar-refractivity contribution is -0.140. The van der Waals surface area contributed by atoms with E-state index in [4.69, 9.17) is 0 Å². The predicted octanol–water partition coefficient (Wildman–Crippen LogP) is 0.824. The molecule has 0 atom stereocenters. The normalized spacial score (nSPS) is 9.83. The molecule has 1 aromatic heterocycles. The third-order valence-corrected chi connectivity index (χ3v) is 1.55. The van der Waals surface area contributed by atoms with E-state index in [0.717, 1.165) is 11.5 Å². The number of esters is 1. The third-order valence-electron chi connectivity index (χ3n) is 1.55. The number of imidazole rings is 1. The van der Waals surface area contributed by atoms with Crippen molar-refractivity contribution < 1.29 is 9.53 Å². The Kier molecular flexibility index (Phi) is 2.85. The Bertz CT molecular complexity index is 268. The first-order valence-corrected chi connectivity index (χ1v) is 3.79. The van der Waals surface area contributed by atoms with Gasteiger partial charge in [0.05, 0.1) is 13.5 Å². The molecule has 0 fully saturated rings. The molecule has 66 valence electrons. The summed E-state index contributed by atoms with van der Waals surface area (Å²) in [6.45, 7) is 1.93. The summed E-state index contributed by atoms with van der Waals surface area (Å²) in [5.74, 6) is 0.627. The maximum Gasteiger partial charge on any atom is 0.305 e. The smallest absolute Gasteiger partial charge is 0.305 e. The Hall–Kier alpha value is -1.32. The van der Waals surface area contributed by atoms with E-state index in [2.05, 4.69) is 14.7 Å². The van der Waals surface area contributed by atoms with Crippen LogP contribution in [-0.4, -0.2) is 23.0 Å². The van der Waals surface area contributed by atoms with Crippen LogP contribution < -0.4 is 0 Å². The van der Waals surface area contributed by atoms with Gasteiger partial charge in [0.2, 0.25) is 0 Å². The number of aromatic nitrogens is 2. The summed E-state index contributed by atoms with van der Waals surface area (Å²) in [6, 6.07) is 0. The van der Waals surface area contributed by atoms with E-state index >= 15 is 0 Å². The van der Waals surface area contributed by atoms with E-state index in [1.807, 2.05) is 6.92 Å². The summed E-state index contributed by atoms with van der Waals surface area (Å²) >= 11 is 0. The molecule has 0 amide bonds. The first-order valence-electron chi connectivity index (χ1n) is 3.79. The second-order valence-electron chi connectivity index (χ2n) is 2.59. The average Bonchev–Trinajstić information content (AvgIpc) is 2.47. The van der Waals surface area contributed by atoms with Crippen LogP contribution in [0.3, 0.4) is 0 Å². The van der Waals surface area contributed by atoms with Gasteiger partial charge in [0.25, 0.3) is 0 Å². The summed E-state index contributed by atoms with van der Waals surface area (Å²) in [4.78, 5) is 17.8. The largest absolute Gasteiger partial charge is 0.469 e. The molecular weight excluding hydrogens is 156 g/mol. The van der Waals surface area contributed by atoms with Crippen LogP contribution >= 0.6 is 0 Å². The Balaban J connectivity index is 2.38. The van der Waals surface area contributed by atoms with Gasteiger partial charge in [-0.2, -0.15) is 0 Å². The maximum atomic E-state index is 10.7. The zero-order valence-electron chi connectivity index (χ0n) is 7.26. The van der Waals surface area contributed by atoms with Crippen molar-refractivity contribution in [2.75, 3.05) is 7.11 Å². The van der Waals surface area contributed by atoms with Crippen molar-refractivity contribution in [3.8, 4) is 0 Å². The van der Waals surface area contributed by atoms with Crippen molar-refractivity contribution in [2.45, 2.75) is 19.8 Å². The molecule has 4 heteroatoms. The van der Waals surface area contributed by atoms with Crippen LogP contribution in [0.4, 0.5) is 0 Å². The molecule has 1 aromatic rings. The van der Waals surface area contributed by atoms with Gasteiger partial charge in [-0.1, -0.05) is 0 Å². The topological polar surface area (TPSA) is 55.0 Å². The Morgan fingerprint density at radius 1 is 1.75 bits per heavy atom. The highest BCUT2D eigenvalue weighted by Crippen LogP contribution is 1.99. The second kappa shape index (κ2) is 3.90. The van der Waals surface area contributed by atoms with Crippen molar-refractivity contribution in [2.24, 2.45) is 0 Å². The van der Waals surface area contributed by atoms with Crippen molar-refractivity contribution in [1.29, 1.82) is 0 Å². The fourth-order valence-corrected chi connectivity index (χ4v) is 0.916. The van der Waals surface area contributed by atoms with Crippen LogP contribution in [0, 0.1) is 6.92 Å². The van der Waals surface area contributed by atoms with E-state index < -0.39 is 0 Å². The number of aromatic amines is 1. The molecule has 1 N–H and O–H groups in total. The molecular formula is C8H12N2O2. The van der Waals surface area contributed by atoms with Gasteiger partial charge in [-0.3, -0.25) is 4.79 Å². The number of carbonyl (C=O) groups excluding carboxylic acids is 1. The number of rotatable bonds is 3. The van der Waals surface area contributed by atoms with Gasteiger partial charge in [-0.05, 0) is 6.92 Å². The number of hydrogen-bond donors (Lipinski definition) is 1. The summed E-state index contributed by atoms with van der Waals surface area (Å²) < 4.78 is 4.50. The summed E-state index contributed by atoms with van der Waals surface area (Å²) in [5.41, 5.74) is 1.01. The molecule has 0 unspecified atom stereocenters. The Morgan fingerprint density at radius 2 is 2.50 bits per heavy atom. The number of aryl methyl sites for hydroxylation is 2. The second-order valence-corrected chi connectivity index (χ2v) is 2.59. The quantitative estimate of drug-likeness (QED) is 0.680. The SMILES string of the molecule is COC(=O)CCc1ncc(C)[nH]1. The van der Waals surface area contributed by atoms with Gasteiger partial charge in [0.1, 0.15) is 5.82 Å². The lowest BCUT2D eigenvalue weighted by Gasteiger charge is -1.95. The number of ether oxygens (including phenoxy) is 1. The van der Waals surface area contributed by atoms with Crippen molar-refractivity contribution in [1.82, 2.24) is 9.97 Å². The molecule has 12 heavy (non-hydrogen) atoms. The molecule has 0 spiro atoms. The maximum absolute atomic E-state index is 10.7.